The van der Waals surface area contributed by atoms with Crippen LogP contribution in [0.5, 0.6) is 5.75 Å². The summed E-state index contributed by atoms with van der Waals surface area (Å²) in [4.78, 5) is 4.37. The molecule has 0 aliphatic rings. The molecule has 0 radical (unpaired) electrons. The molecule has 2 aromatic heterocycles. The largest absolute Gasteiger partial charge is 0.493 e. The second-order valence-corrected chi connectivity index (χ2v) is 3.89. The van der Waals surface area contributed by atoms with Crippen LogP contribution in [0, 0.1) is 0 Å². The fraction of sp³-hybridized carbons (Fsp3) is 0.143. The number of hydrogen-bond donors (Lipinski definition) is 0. The zero-order valence-electron chi connectivity index (χ0n) is 10.1. The molecule has 0 bridgehead atoms. The number of hydrogen-bond acceptors (Lipinski definition) is 3. The van der Waals surface area contributed by atoms with Gasteiger partial charge in [-0.2, -0.15) is 5.10 Å². The summed E-state index contributed by atoms with van der Waals surface area (Å²) in [5.74, 6) is 0.870. The molecular weight excluding hydrogens is 226 g/mol. The standard InChI is InChI=1S/C14H13N3O/c1-2-18-14-6-8-15-13-10-11(4-5-12(13)14)17-9-3-7-16-17/h3-10H,2H2,1H3. The lowest BCUT2D eigenvalue weighted by Gasteiger charge is -2.08. The van der Waals surface area contributed by atoms with Gasteiger partial charge < -0.3 is 4.74 Å². The van der Waals surface area contributed by atoms with Gasteiger partial charge in [-0.1, -0.05) is 0 Å². The lowest BCUT2D eigenvalue weighted by molar-refractivity contribution is 0.344. The van der Waals surface area contributed by atoms with Crippen molar-refractivity contribution in [1.82, 2.24) is 14.8 Å². The molecule has 0 spiro atoms. The van der Waals surface area contributed by atoms with E-state index in [1.54, 1.807) is 12.4 Å². The summed E-state index contributed by atoms with van der Waals surface area (Å²) >= 11 is 0. The second kappa shape index (κ2) is 4.49. The van der Waals surface area contributed by atoms with Crippen LogP contribution < -0.4 is 4.74 Å². The average Bonchev–Trinajstić information content (AvgIpc) is 2.93. The summed E-state index contributed by atoms with van der Waals surface area (Å²) in [5, 5.41) is 5.23. The third kappa shape index (κ3) is 1.82. The SMILES string of the molecule is CCOc1ccnc2cc(-n3cccn3)ccc12. The molecule has 0 atom stereocenters. The van der Waals surface area contributed by atoms with Crippen molar-refractivity contribution in [3.05, 3.63) is 48.9 Å². The molecule has 0 aliphatic carbocycles. The van der Waals surface area contributed by atoms with Gasteiger partial charge in [-0.15, -0.1) is 0 Å². The Morgan fingerprint density at radius 3 is 2.94 bits per heavy atom. The zero-order chi connectivity index (χ0) is 12.4. The molecular formula is C14H13N3O. The second-order valence-electron chi connectivity index (χ2n) is 3.89. The van der Waals surface area contributed by atoms with E-state index in [0.29, 0.717) is 6.61 Å². The maximum Gasteiger partial charge on any atom is 0.130 e. The van der Waals surface area contributed by atoms with Gasteiger partial charge >= 0.3 is 0 Å². The van der Waals surface area contributed by atoms with E-state index in [1.807, 2.05) is 48.1 Å². The molecule has 0 unspecified atom stereocenters. The van der Waals surface area contributed by atoms with E-state index in [4.69, 9.17) is 4.74 Å². The molecule has 4 nitrogen and oxygen atoms in total. The Bertz CT molecular complexity index is 662. The van der Waals surface area contributed by atoms with Crippen molar-refractivity contribution < 1.29 is 4.74 Å². The maximum absolute atomic E-state index is 5.59. The number of aromatic nitrogens is 3. The van der Waals surface area contributed by atoms with Crippen molar-refractivity contribution in [3.63, 3.8) is 0 Å². The smallest absolute Gasteiger partial charge is 0.130 e. The quantitative estimate of drug-likeness (QED) is 0.705. The van der Waals surface area contributed by atoms with Gasteiger partial charge in [-0.05, 0) is 37.3 Å². The summed E-state index contributed by atoms with van der Waals surface area (Å²) < 4.78 is 7.40. The number of benzene rings is 1. The van der Waals surface area contributed by atoms with E-state index in [1.165, 1.54) is 0 Å². The molecule has 0 saturated heterocycles. The monoisotopic (exact) mass is 239 g/mol. The van der Waals surface area contributed by atoms with Crippen molar-refractivity contribution in [2.24, 2.45) is 0 Å². The van der Waals surface area contributed by atoms with E-state index in [9.17, 15) is 0 Å². The molecule has 0 aliphatic heterocycles. The first kappa shape index (κ1) is 10.8. The minimum atomic E-state index is 0.653. The normalized spacial score (nSPS) is 10.7. The van der Waals surface area contributed by atoms with Crippen LogP contribution in [0.15, 0.2) is 48.9 Å². The van der Waals surface area contributed by atoms with Crippen LogP contribution in [0.2, 0.25) is 0 Å². The summed E-state index contributed by atoms with van der Waals surface area (Å²) in [6.07, 6.45) is 5.43. The van der Waals surface area contributed by atoms with E-state index in [0.717, 1.165) is 22.3 Å². The van der Waals surface area contributed by atoms with E-state index < -0.39 is 0 Å². The summed E-state index contributed by atoms with van der Waals surface area (Å²) in [5.41, 5.74) is 1.91. The van der Waals surface area contributed by atoms with Crippen LogP contribution in [-0.4, -0.2) is 21.4 Å². The first-order chi connectivity index (χ1) is 8.88. The Morgan fingerprint density at radius 1 is 1.22 bits per heavy atom. The number of nitrogens with zero attached hydrogens (tertiary/aromatic N) is 3. The highest BCUT2D eigenvalue weighted by atomic mass is 16.5. The lowest BCUT2D eigenvalue weighted by atomic mass is 10.2. The van der Waals surface area contributed by atoms with Gasteiger partial charge in [0.05, 0.1) is 17.8 Å². The minimum absolute atomic E-state index is 0.653. The van der Waals surface area contributed by atoms with Gasteiger partial charge in [0.2, 0.25) is 0 Å². The molecule has 18 heavy (non-hydrogen) atoms. The Kier molecular flexibility index (Phi) is 2.68. The molecule has 3 rings (SSSR count). The third-order valence-electron chi connectivity index (χ3n) is 2.76. The Morgan fingerprint density at radius 2 is 2.17 bits per heavy atom. The van der Waals surface area contributed by atoms with Crippen molar-refractivity contribution >= 4 is 10.9 Å². The van der Waals surface area contributed by atoms with Gasteiger partial charge in [0.15, 0.2) is 0 Å². The van der Waals surface area contributed by atoms with Gasteiger partial charge in [-0.3, -0.25) is 4.98 Å². The molecule has 1 aromatic carbocycles. The number of fused-ring (bicyclic) bond motifs is 1. The molecule has 0 saturated carbocycles. The van der Waals surface area contributed by atoms with Crippen molar-refractivity contribution in [1.29, 1.82) is 0 Å². The summed E-state index contributed by atoms with van der Waals surface area (Å²) in [6.45, 7) is 2.63. The van der Waals surface area contributed by atoms with Crippen LogP contribution >= 0.6 is 0 Å². The van der Waals surface area contributed by atoms with E-state index in [-0.39, 0.29) is 0 Å². The molecule has 0 amide bonds. The number of pyridine rings is 1. The summed E-state index contributed by atoms with van der Waals surface area (Å²) in [7, 11) is 0. The summed E-state index contributed by atoms with van der Waals surface area (Å²) in [6, 6.07) is 9.82. The average molecular weight is 239 g/mol. The molecule has 3 aromatic rings. The maximum atomic E-state index is 5.59. The first-order valence-electron chi connectivity index (χ1n) is 5.90. The van der Waals surface area contributed by atoms with Gasteiger partial charge in [0, 0.05) is 24.0 Å². The van der Waals surface area contributed by atoms with Crippen LogP contribution in [0.3, 0.4) is 0 Å². The molecule has 4 heteroatoms. The van der Waals surface area contributed by atoms with Gasteiger partial charge in [0.25, 0.3) is 0 Å². The highest BCUT2D eigenvalue weighted by Gasteiger charge is 2.04. The Labute approximate surface area is 105 Å². The van der Waals surface area contributed by atoms with Gasteiger partial charge in [-0.25, -0.2) is 4.68 Å². The first-order valence-corrected chi connectivity index (χ1v) is 5.90. The predicted octanol–water partition coefficient (Wildman–Crippen LogP) is 2.82. The van der Waals surface area contributed by atoms with E-state index >= 15 is 0 Å². The van der Waals surface area contributed by atoms with E-state index in [2.05, 4.69) is 10.1 Å². The zero-order valence-corrected chi connectivity index (χ0v) is 10.1. The molecule has 0 N–H and O–H groups in total. The molecule has 2 heterocycles. The third-order valence-corrected chi connectivity index (χ3v) is 2.76. The van der Waals surface area contributed by atoms with Crippen molar-refractivity contribution in [2.75, 3.05) is 6.61 Å². The topological polar surface area (TPSA) is 39.9 Å². The predicted molar refractivity (Wildman–Crippen MR) is 70.0 cm³/mol. The lowest BCUT2D eigenvalue weighted by Crippen LogP contribution is -1.96. The Balaban J connectivity index is 2.13. The number of rotatable bonds is 3. The van der Waals surface area contributed by atoms with Crippen LogP contribution in [0.1, 0.15) is 6.92 Å². The van der Waals surface area contributed by atoms with Crippen LogP contribution in [0.4, 0.5) is 0 Å². The van der Waals surface area contributed by atoms with Crippen LogP contribution in [-0.2, 0) is 0 Å². The highest BCUT2D eigenvalue weighted by molar-refractivity contribution is 5.86. The van der Waals surface area contributed by atoms with Crippen molar-refractivity contribution in [3.8, 4) is 11.4 Å². The highest BCUT2D eigenvalue weighted by Crippen LogP contribution is 2.25. The molecule has 0 fully saturated rings. The minimum Gasteiger partial charge on any atom is -0.493 e. The van der Waals surface area contributed by atoms with Gasteiger partial charge in [0.1, 0.15) is 5.75 Å². The molecule has 90 valence electrons. The van der Waals surface area contributed by atoms with Crippen LogP contribution in [0.25, 0.3) is 16.6 Å². The fourth-order valence-corrected chi connectivity index (χ4v) is 1.96. The fourth-order valence-electron chi connectivity index (χ4n) is 1.96. The Hall–Kier alpha value is -2.36. The number of ether oxygens (including phenoxy) is 1. The van der Waals surface area contributed by atoms with Crippen molar-refractivity contribution in [2.45, 2.75) is 6.92 Å².